The number of alkyl halides is 3. The van der Waals surface area contributed by atoms with Crippen LogP contribution in [0.4, 0.5) is 27.6 Å². The molecule has 2 aromatic carbocycles. The largest absolute Gasteiger partial charge is 0.416 e. The van der Waals surface area contributed by atoms with Crippen LogP contribution in [0.1, 0.15) is 11.1 Å². The molecule has 0 saturated carbocycles. The number of carbonyl (C=O) groups is 1. The fourth-order valence-electron chi connectivity index (χ4n) is 2.99. The van der Waals surface area contributed by atoms with Crippen LogP contribution in [-0.2, 0) is 11.0 Å². The Morgan fingerprint density at radius 1 is 0.929 bits per heavy atom. The average Bonchev–Trinajstić information content (AvgIpc) is 2.67. The molecule has 0 radical (unpaired) electrons. The summed E-state index contributed by atoms with van der Waals surface area (Å²) in [4.78, 5) is 15.5. The monoisotopic (exact) mass is 396 g/mol. The molecule has 1 fully saturated rings. The number of hydrogen-bond acceptors (Lipinski definition) is 2. The van der Waals surface area contributed by atoms with Crippen molar-refractivity contribution >= 4 is 17.7 Å². The zero-order chi connectivity index (χ0) is 20.3. The van der Waals surface area contributed by atoms with Crippen LogP contribution in [0.15, 0.2) is 48.5 Å². The van der Waals surface area contributed by atoms with Gasteiger partial charge in [-0.25, -0.2) is 8.78 Å². The summed E-state index contributed by atoms with van der Waals surface area (Å²) in [5, 5.41) is 0. The highest BCUT2D eigenvalue weighted by Gasteiger charge is 2.31. The van der Waals surface area contributed by atoms with Crippen LogP contribution >= 0.6 is 0 Å². The van der Waals surface area contributed by atoms with Crippen LogP contribution in [-0.4, -0.2) is 37.0 Å². The van der Waals surface area contributed by atoms with Crippen molar-refractivity contribution in [2.75, 3.05) is 31.1 Å². The van der Waals surface area contributed by atoms with Crippen molar-refractivity contribution in [3.8, 4) is 0 Å². The summed E-state index contributed by atoms with van der Waals surface area (Å²) in [6.45, 7) is 1.29. The smallest absolute Gasteiger partial charge is 0.368 e. The molecule has 0 bridgehead atoms. The van der Waals surface area contributed by atoms with Gasteiger partial charge in [-0.1, -0.05) is 12.1 Å². The van der Waals surface area contributed by atoms with Crippen molar-refractivity contribution in [2.45, 2.75) is 6.18 Å². The second-order valence-electron chi connectivity index (χ2n) is 6.33. The van der Waals surface area contributed by atoms with E-state index in [0.29, 0.717) is 31.9 Å². The molecule has 3 rings (SSSR count). The minimum Gasteiger partial charge on any atom is -0.368 e. The van der Waals surface area contributed by atoms with E-state index in [1.807, 2.05) is 0 Å². The number of piperazine rings is 1. The lowest BCUT2D eigenvalue weighted by Crippen LogP contribution is -2.48. The van der Waals surface area contributed by atoms with Gasteiger partial charge in [-0.3, -0.25) is 4.79 Å². The van der Waals surface area contributed by atoms with Gasteiger partial charge in [-0.15, -0.1) is 0 Å². The van der Waals surface area contributed by atoms with E-state index in [4.69, 9.17) is 0 Å². The first-order chi connectivity index (χ1) is 13.3. The predicted molar refractivity (Wildman–Crippen MR) is 95.6 cm³/mol. The van der Waals surface area contributed by atoms with Gasteiger partial charge in [-0.2, -0.15) is 13.2 Å². The summed E-state index contributed by atoms with van der Waals surface area (Å²) < 4.78 is 65.7. The third-order valence-corrected chi connectivity index (χ3v) is 4.52. The van der Waals surface area contributed by atoms with Crippen LogP contribution < -0.4 is 4.90 Å². The normalized spacial score (nSPS) is 15.3. The minimum absolute atomic E-state index is 0.291. The van der Waals surface area contributed by atoms with Gasteiger partial charge < -0.3 is 9.80 Å². The van der Waals surface area contributed by atoms with Crippen molar-refractivity contribution < 1.29 is 26.7 Å². The molecule has 8 heteroatoms. The zero-order valence-electron chi connectivity index (χ0n) is 14.7. The summed E-state index contributed by atoms with van der Waals surface area (Å²) >= 11 is 0. The maximum absolute atomic E-state index is 13.6. The molecule has 2 aromatic rings. The topological polar surface area (TPSA) is 23.6 Å². The predicted octanol–water partition coefficient (Wildman–Crippen LogP) is 4.35. The van der Waals surface area contributed by atoms with Gasteiger partial charge in [-0.05, 0) is 36.4 Å². The van der Waals surface area contributed by atoms with Gasteiger partial charge in [0.15, 0.2) is 0 Å². The Labute approximate surface area is 158 Å². The molecule has 0 aromatic heterocycles. The highest BCUT2D eigenvalue weighted by atomic mass is 19.4. The molecule has 0 spiro atoms. The fraction of sp³-hybridized carbons (Fsp3) is 0.250. The Morgan fingerprint density at radius 2 is 1.54 bits per heavy atom. The molecule has 148 valence electrons. The number of benzene rings is 2. The maximum Gasteiger partial charge on any atom is 0.416 e. The van der Waals surface area contributed by atoms with Crippen molar-refractivity contribution in [3.63, 3.8) is 0 Å². The van der Waals surface area contributed by atoms with Gasteiger partial charge in [0, 0.05) is 43.5 Å². The SMILES string of the molecule is O=C(C=Cc1c(F)cccc1F)N1CCN(c2cccc(C(F)(F)F)c2)CC1. The molecule has 0 N–H and O–H groups in total. The first kappa shape index (κ1) is 19.9. The van der Waals surface area contributed by atoms with E-state index in [1.165, 1.54) is 17.0 Å². The number of rotatable bonds is 3. The van der Waals surface area contributed by atoms with Gasteiger partial charge in [0.25, 0.3) is 0 Å². The van der Waals surface area contributed by atoms with Gasteiger partial charge >= 0.3 is 6.18 Å². The lowest BCUT2D eigenvalue weighted by Gasteiger charge is -2.35. The van der Waals surface area contributed by atoms with Crippen LogP contribution in [0.3, 0.4) is 0 Å². The maximum atomic E-state index is 13.6. The summed E-state index contributed by atoms with van der Waals surface area (Å²) in [5.41, 5.74) is -0.581. The molecule has 28 heavy (non-hydrogen) atoms. The quantitative estimate of drug-likeness (QED) is 0.569. The van der Waals surface area contributed by atoms with Gasteiger partial charge in [0.1, 0.15) is 11.6 Å². The molecular formula is C20H17F5N2O. The first-order valence-corrected chi connectivity index (χ1v) is 8.59. The second kappa shape index (κ2) is 8.00. The molecule has 1 aliphatic heterocycles. The highest BCUT2D eigenvalue weighted by molar-refractivity contribution is 5.92. The molecule has 0 unspecified atom stereocenters. The standard InChI is InChI=1S/C20H17F5N2O/c21-17-5-2-6-18(22)16(17)7-8-19(28)27-11-9-26(10-12-27)15-4-1-3-14(13-15)20(23,24)25/h1-8,13H,9-12H2. The van der Waals surface area contributed by atoms with Crippen LogP contribution in [0.25, 0.3) is 6.08 Å². The van der Waals surface area contributed by atoms with Crippen LogP contribution in [0.5, 0.6) is 0 Å². The van der Waals surface area contributed by atoms with Crippen molar-refractivity contribution in [2.24, 2.45) is 0 Å². The lowest BCUT2D eigenvalue weighted by atomic mass is 10.1. The van der Waals surface area contributed by atoms with E-state index in [2.05, 4.69) is 0 Å². The van der Waals surface area contributed by atoms with Crippen LogP contribution in [0, 0.1) is 11.6 Å². The van der Waals surface area contributed by atoms with Crippen molar-refractivity contribution in [1.82, 2.24) is 4.90 Å². The minimum atomic E-state index is -4.42. The van der Waals surface area contributed by atoms with E-state index in [9.17, 15) is 26.7 Å². The third kappa shape index (κ3) is 4.49. The van der Waals surface area contributed by atoms with E-state index >= 15 is 0 Å². The third-order valence-electron chi connectivity index (χ3n) is 4.52. The van der Waals surface area contributed by atoms with Crippen molar-refractivity contribution in [3.05, 3.63) is 71.3 Å². The molecule has 1 aliphatic rings. The molecular weight excluding hydrogens is 379 g/mol. The fourth-order valence-corrected chi connectivity index (χ4v) is 2.99. The Hall–Kier alpha value is -2.90. The average molecular weight is 396 g/mol. The number of nitrogens with zero attached hydrogens (tertiary/aromatic N) is 2. The Balaban J connectivity index is 1.62. The summed E-state index contributed by atoms with van der Waals surface area (Å²) in [6, 6.07) is 8.46. The number of anilines is 1. The van der Waals surface area contributed by atoms with E-state index in [-0.39, 0.29) is 5.56 Å². The van der Waals surface area contributed by atoms with E-state index in [0.717, 1.165) is 36.4 Å². The number of halogens is 5. The molecule has 0 atom stereocenters. The Morgan fingerprint density at radius 3 is 2.14 bits per heavy atom. The molecule has 1 heterocycles. The van der Waals surface area contributed by atoms with Crippen molar-refractivity contribution in [1.29, 1.82) is 0 Å². The summed E-state index contributed by atoms with van der Waals surface area (Å²) in [7, 11) is 0. The molecule has 3 nitrogen and oxygen atoms in total. The summed E-state index contributed by atoms with van der Waals surface area (Å²) in [6.07, 6.45) is -2.23. The molecule has 1 amide bonds. The second-order valence-corrected chi connectivity index (χ2v) is 6.33. The number of hydrogen-bond donors (Lipinski definition) is 0. The zero-order valence-corrected chi connectivity index (χ0v) is 14.7. The van der Waals surface area contributed by atoms with Gasteiger partial charge in [0.2, 0.25) is 5.91 Å². The lowest BCUT2D eigenvalue weighted by molar-refractivity contribution is -0.137. The van der Waals surface area contributed by atoms with E-state index < -0.39 is 29.3 Å². The Kier molecular flexibility index (Phi) is 5.67. The number of amides is 1. The van der Waals surface area contributed by atoms with E-state index in [1.54, 1.807) is 11.0 Å². The van der Waals surface area contributed by atoms with Crippen LogP contribution in [0.2, 0.25) is 0 Å². The molecule has 1 saturated heterocycles. The van der Waals surface area contributed by atoms with Gasteiger partial charge in [0.05, 0.1) is 5.56 Å². The summed E-state index contributed by atoms with van der Waals surface area (Å²) in [5.74, 6) is -1.94. The Bertz CT molecular complexity index is 866. The first-order valence-electron chi connectivity index (χ1n) is 8.59. The molecule has 0 aliphatic carbocycles. The number of carbonyl (C=O) groups excluding carboxylic acids is 1. The highest BCUT2D eigenvalue weighted by Crippen LogP contribution is 2.31.